The first-order valence-corrected chi connectivity index (χ1v) is 8.64. The van der Waals surface area contributed by atoms with Gasteiger partial charge in [0.1, 0.15) is 11.8 Å². The summed E-state index contributed by atoms with van der Waals surface area (Å²) in [6, 6.07) is 11.8. The largest absolute Gasteiger partial charge is 0.338 e. The molecule has 6 nitrogen and oxygen atoms in total. The van der Waals surface area contributed by atoms with Crippen molar-refractivity contribution in [1.82, 2.24) is 19.4 Å². The second kappa shape index (κ2) is 6.64. The van der Waals surface area contributed by atoms with E-state index in [9.17, 15) is 4.79 Å². The Kier molecular flexibility index (Phi) is 4.19. The van der Waals surface area contributed by atoms with Gasteiger partial charge in [0.25, 0.3) is 5.91 Å². The Bertz CT molecular complexity index is 889. The highest BCUT2D eigenvalue weighted by atomic mass is 16.2. The Hall–Kier alpha value is -2.73. The zero-order chi connectivity index (χ0) is 17.2. The van der Waals surface area contributed by atoms with Gasteiger partial charge in [-0.05, 0) is 43.5 Å². The number of rotatable bonds is 3. The molecule has 3 aromatic rings. The first kappa shape index (κ1) is 15.8. The van der Waals surface area contributed by atoms with Crippen molar-refractivity contribution in [3.05, 3.63) is 54.5 Å². The van der Waals surface area contributed by atoms with Crippen LogP contribution in [-0.4, -0.2) is 45.0 Å². The molecule has 1 atom stereocenters. The molecule has 0 aliphatic carbocycles. The smallest absolute Gasteiger partial charge is 0.255 e. The zero-order valence-corrected chi connectivity index (χ0v) is 14.0. The number of pyridine rings is 1. The van der Waals surface area contributed by atoms with E-state index < -0.39 is 0 Å². The Morgan fingerprint density at radius 2 is 2.08 bits per heavy atom. The van der Waals surface area contributed by atoms with Crippen molar-refractivity contribution in [2.75, 3.05) is 19.6 Å². The number of nitrogens with zero attached hydrogens (tertiary/aromatic N) is 4. The van der Waals surface area contributed by atoms with Crippen molar-refractivity contribution in [1.29, 1.82) is 0 Å². The SMILES string of the molecule is NCC1CCCN(C(=O)c2cnc3c(c2)ncn3-c2ccccc2)C1. The minimum absolute atomic E-state index is 0.0156. The van der Waals surface area contributed by atoms with E-state index in [2.05, 4.69) is 9.97 Å². The van der Waals surface area contributed by atoms with Crippen LogP contribution in [0, 0.1) is 5.92 Å². The molecule has 0 bridgehead atoms. The van der Waals surface area contributed by atoms with Gasteiger partial charge in [-0.25, -0.2) is 9.97 Å². The number of nitrogens with two attached hydrogens (primary N) is 1. The van der Waals surface area contributed by atoms with Crippen LogP contribution in [0.2, 0.25) is 0 Å². The highest BCUT2D eigenvalue weighted by molar-refractivity contribution is 5.96. The number of piperidine rings is 1. The first-order chi connectivity index (χ1) is 12.3. The predicted molar refractivity (Wildman–Crippen MR) is 96.5 cm³/mol. The molecule has 1 fully saturated rings. The number of hydrogen-bond donors (Lipinski definition) is 1. The number of amides is 1. The second-order valence-corrected chi connectivity index (χ2v) is 6.51. The summed E-state index contributed by atoms with van der Waals surface area (Å²) in [6.45, 7) is 2.14. The normalized spacial score (nSPS) is 17.8. The number of likely N-dealkylation sites (tertiary alicyclic amines) is 1. The van der Waals surface area contributed by atoms with E-state index in [0.29, 0.717) is 18.0 Å². The Labute approximate surface area is 146 Å². The van der Waals surface area contributed by atoms with Gasteiger partial charge in [0.15, 0.2) is 5.65 Å². The van der Waals surface area contributed by atoms with E-state index >= 15 is 0 Å². The summed E-state index contributed by atoms with van der Waals surface area (Å²) in [6.07, 6.45) is 5.50. The number of carbonyl (C=O) groups excluding carboxylic acids is 1. The molecule has 1 unspecified atom stereocenters. The molecule has 1 amide bonds. The molecular formula is C19H21N5O. The van der Waals surface area contributed by atoms with Crippen molar-refractivity contribution in [3.8, 4) is 5.69 Å². The fourth-order valence-electron chi connectivity index (χ4n) is 3.42. The number of aromatic nitrogens is 3. The molecule has 1 saturated heterocycles. The van der Waals surface area contributed by atoms with Crippen LogP contribution in [-0.2, 0) is 0 Å². The highest BCUT2D eigenvalue weighted by Gasteiger charge is 2.24. The minimum atomic E-state index is 0.0156. The zero-order valence-electron chi connectivity index (χ0n) is 14.0. The number of hydrogen-bond acceptors (Lipinski definition) is 4. The molecule has 3 heterocycles. The molecule has 1 aromatic carbocycles. The van der Waals surface area contributed by atoms with Gasteiger partial charge in [0, 0.05) is 25.0 Å². The number of carbonyl (C=O) groups is 1. The number of para-hydroxylation sites is 1. The summed E-state index contributed by atoms with van der Waals surface area (Å²) in [7, 11) is 0. The molecule has 1 aliphatic rings. The lowest BCUT2D eigenvalue weighted by Crippen LogP contribution is -2.42. The maximum absolute atomic E-state index is 12.8. The quantitative estimate of drug-likeness (QED) is 0.796. The predicted octanol–water partition coefficient (Wildman–Crippen LogP) is 2.23. The summed E-state index contributed by atoms with van der Waals surface area (Å²) in [4.78, 5) is 23.6. The molecule has 6 heteroatoms. The van der Waals surface area contributed by atoms with E-state index in [-0.39, 0.29) is 5.91 Å². The third kappa shape index (κ3) is 3.00. The molecule has 0 radical (unpaired) electrons. The number of fused-ring (bicyclic) bond motifs is 1. The lowest BCUT2D eigenvalue weighted by Gasteiger charge is -2.32. The van der Waals surface area contributed by atoms with Crippen molar-refractivity contribution in [2.45, 2.75) is 12.8 Å². The van der Waals surface area contributed by atoms with Crippen LogP contribution in [0.4, 0.5) is 0 Å². The summed E-state index contributed by atoms with van der Waals surface area (Å²) < 4.78 is 1.93. The Morgan fingerprint density at radius 3 is 2.88 bits per heavy atom. The Balaban J connectivity index is 1.63. The number of benzene rings is 1. The van der Waals surface area contributed by atoms with Gasteiger partial charge in [-0.1, -0.05) is 18.2 Å². The summed E-state index contributed by atoms with van der Waals surface area (Å²) in [5, 5.41) is 0. The summed E-state index contributed by atoms with van der Waals surface area (Å²) in [5.41, 5.74) is 8.83. The molecule has 0 spiro atoms. The molecule has 0 saturated carbocycles. The van der Waals surface area contributed by atoms with Crippen LogP contribution in [0.5, 0.6) is 0 Å². The first-order valence-electron chi connectivity index (χ1n) is 8.64. The fraction of sp³-hybridized carbons (Fsp3) is 0.316. The van der Waals surface area contributed by atoms with Crippen LogP contribution in [0.3, 0.4) is 0 Å². The number of imidazole rings is 1. The van der Waals surface area contributed by atoms with Gasteiger partial charge in [0.05, 0.1) is 5.56 Å². The van der Waals surface area contributed by atoms with E-state index in [0.717, 1.165) is 42.8 Å². The molecule has 2 aromatic heterocycles. The van der Waals surface area contributed by atoms with Gasteiger partial charge < -0.3 is 10.6 Å². The van der Waals surface area contributed by atoms with Crippen molar-refractivity contribution in [3.63, 3.8) is 0 Å². The standard InChI is InChI=1S/C19H21N5O/c20-10-14-5-4-8-23(12-14)19(25)15-9-17-18(21-11-15)24(13-22-17)16-6-2-1-3-7-16/h1-3,6-7,9,11,13-14H,4-5,8,10,12,20H2. The van der Waals surface area contributed by atoms with Gasteiger partial charge in [-0.3, -0.25) is 9.36 Å². The van der Waals surface area contributed by atoms with E-state index in [1.807, 2.05) is 45.9 Å². The third-order valence-electron chi connectivity index (χ3n) is 4.81. The molecule has 4 rings (SSSR count). The van der Waals surface area contributed by atoms with Crippen LogP contribution < -0.4 is 5.73 Å². The molecule has 128 valence electrons. The van der Waals surface area contributed by atoms with Gasteiger partial charge in [0.2, 0.25) is 0 Å². The van der Waals surface area contributed by atoms with E-state index in [1.165, 1.54) is 0 Å². The van der Waals surface area contributed by atoms with E-state index in [4.69, 9.17) is 5.73 Å². The monoisotopic (exact) mass is 335 g/mol. The fourth-order valence-corrected chi connectivity index (χ4v) is 3.42. The molecular weight excluding hydrogens is 314 g/mol. The van der Waals surface area contributed by atoms with E-state index in [1.54, 1.807) is 12.5 Å². The highest BCUT2D eigenvalue weighted by Crippen LogP contribution is 2.20. The van der Waals surface area contributed by atoms with Crippen LogP contribution >= 0.6 is 0 Å². The van der Waals surface area contributed by atoms with Gasteiger partial charge in [-0.2, -0.15) is 0 Å². The average molecular weight is 335 g/mol. The van der Waals surface area contributed by atoms with Crippen LogP contribution in [0.1, 0.15) is 23.2 Å². The van der Waals surface area contributed by atoms with Crippen molar-refractivity contribution in [2.24, 2.45) is 11.7 Å². The van der Waals surface area contributed by atoms with Crippen molar-refractivity contribution >= 4 is 17.1 Å². The maximum Gasteiger partial charge on any atom is 0.255 e. The van der Waals surface area contributed by atoms with Crippen LogP contribution in [0.25, 0.3) is 16.9 Å². The average Bonchev–Trinajstić information content (AvgIpc) is 3.11. The third-order valence-corrected chi connectivity index (χ3v) is 4.81. The molecule has 1 aliphatic heterocycles. The van der Waals surface area contributed by atoms with Crippen LogP contribution in [0.15, 0.2) is 48.9 Å². The lowest BCUT2D eigenvalue weighted by atomic mass is 9.98. The topological polar surface area (TPSA) is 77.0 Å². The molecule has 2 N–H and O–H groups in total. The maximum atomic E-state index is 12.8. The van der Waals surface area contributed by atoms with Gasteiger partial charge >= 0.3 is 0 Å². The second-order valence-electron chi connectivity index (χ2n) is 6.51. The van der Waals surface area contributed by atoms with Gasteiger partial charge in [-0.15, -0.1) is 0 Å². The lowest BCUT2D eigenvalue weighted by molar-refractivity contribution is 0.0678. The summed E-state index contributed by atoms with van der Waals surface area (Å²) in [5.74, 6) is 0.411. The minimum Gasteiger partial charge on any atom is -0.338 e. The summed E-state index contributed by atoms with van der Waals surface area (Å²) >= 11 is 0. The Morgan fingerprint density at radius 1 is 1.24 bits per heavy atom. The molecule has 25 heavy (non-hydrogen) atoms. The van der Waals surface area contributed by atoms with Crippen molar-refractivity contribution < 1.29 is 4.79 Å².